The maximum absolute atomic E-state index is 5.36. The molecule has 0 aromatic rings. The molecule has 0 radical (unpaired) electrons. The van der Waals surface area contributed by atoms with Crippen molar-refractivity contribution in [3.63, 3.8) is 0 Å². The van der Waals surface area contributed by atoms with Crippen LogP contribution in [0.3, 0.4) is 0 Å². The summed E-state index contributed by atoms with van der Waals surface area (Å²) in [5, 5.41) is 0. The summed E-state index contributed by atoms with van der Waals surface area (Å²) >= 11 is 0. The van der Waals surface area contributed by atoms with Gasteiger partial charge in [0.1, 0.15) is 0 Å². The number of hydrogen-bond acceptors (Lipinski definition) is 5. The Labute approximate surface area is 154 Å². The molecule has 5 heteroatoms. The summed E-state index contributed by atoms with van der Waals surface area (Å²) in [5.74, 6) is 0.908. The lowest BCUT2D eigenvalue weighted by molar-refractivity contribution is -0.0797. The summed E-state index contributed by atoms with van der Waals surface area (Å²) in [4.78, 5) is 10.8. The van der Waals surface area contributed by atoms with Gasteiger partial charge in [0.2, 0.25) is 0 Å². The predicted octanol–water partition coefficient (Wildman–Crippen LogP) is 1.20. The zero-order valence-corrected chi connectivity index (χ0v) is 16.6. The van der Waals surface area contributed by atoms with E-state index in [9.17, 15) is 0 Å². The van der Waals surface area contributed by atoms with Crippen LogP contribution < -0.4 is 0 Å². The molecule has 0 spiro atoms. The largest absolute Gasteiger partial charge is 0.378 e. The maximum Gasteiger partial charge on any atom is 0.0645 e. The lowest BCUT2D eigenvalue weighted by atomic mass is 9.96. The van der Waals surface area contributed by atoms with Gasteiger partial charge in [-0.3, -0.25) is 19.6 Å². The van der Waals surface area contributed by atoms with Gasteiger partial charge in [0, 0.05) is 70.5 Å². The second kappa shape index (κ2) is 7.81. The molecular weight excluding hydrogens is 312 g/mol. The van der Waals surface area contributed by atoms with E-state index in [1.165, 1.54) is 65.2 Å². The third-order valence-electron chi connectivity index (χ3n) is 7.25. The standard InChI is InChI=1S/C20H38N4O/c1-16(2)23-8-9-24-12-18(11-19(24)13-23)10-17(3)21-4-6-22(7-5-21)20-14-25-15-20/h16-20H,4-15H2,1-3H3/t17-,18?,19?/m1/s1. The molecule has 4 saturated heterocycles. The van der Waals surface area contributed by atoms with Crippen molar-refractivity contribution in [1.29, 1.82) is 0 Å². The van der Waals surface area contributed by atoms with Crippen molar-refractivity contribution in [1.82, 2.24) is 19.6 Å². The first-order valence-electron chi connectivity index (χ1n) is 10.6. The van der Waals surface area contributed by atoms with Gasteiger partial charge in [-0.2, -0.15) is 0 Å². The number of rotatable bonds is 5. The minimum Gasteiger partial charge on any atom is -0.378 e. The van der Waals surface area contributed by atoms with Crippen LogP contribution in [0.4, 0.5) is 0 Å². The van der Waals surface area contributed by atoms with Crippen LogP contribution in [0.15, 0.2) is 0 Å². The minimum atomic E-state index is 0.706. The van der Waals surface area contributed by atoms with Crippen LogP contribution in [0.5, 0.6) is 0 Å². The Morgan fingerprint density at radius 3 is 2.12 bits per heavy atom. The second-order valence-electron chi connectivity index (χ2n) is 9.19. The number of hydrogen-bond donors (Lipinski definition) is 0. The van der Waals surface area contributed by atoms with Crippen LogP contribution in [0, 0.1) is 5.92 Å². The summed E-state index contributed by atoms with van der Waals surface area (Å²) in [6, 6.07) is 2.99. The van der Waals surface area contributed by atoms with Gasteiger partial charge in [-0.25, -0.2) is 0 Å². The molecule has 0 saturated carbocycles. The van der Waals surface area contributed by atoms with Crippen molar-refractivity contribution in [2.75, 3.05) is 65.6 Å². The predicted molar refractivity (Wildman–Crippen MR) is 102 cm³/mol. The molecule has 0 aliphatic carbocycles. The number of nitrogens with zero attached hydrogens (tertiary/aromatic N) is 4. The quantitative estimate of drug-likeness (QED) is 0.741. The van der Waals surface area contributed by atoms with Crippen LogP contribution in [0.25, 0.3) is 0 Å². The number of piperazine rings is 2. The van der Waals surface area contributed by atoms with Crippen molar-refractivity contribution >= 4 is 0 Å². The SMILES string of the molecule is CC(C)N1CCN2CC(C[C@@H](C)N3CCN(C4COC4)CC3)CC2C1. The molecule has 2 unspecified atom stereocenters. The Hall–Kier alpha value is -0.200. The third kappa shape index (κ3) is 4.06. The first-order valence-corrected chi connectivity index (χ1v) is 10.6. The Morgan fingerprint density at radius 1 is 0.800 bits per heavy atom. The monoisotopic (exact) mass is 350 g/mol. The molecule has 4 fully saturated rings. The van der Waals surface area contributed by atoms with Crippen LogP contribution in [-0.4, -0.2) is 109 Å². The highest BCUT2D eigenvalue weighted by Gasteiger charge is 2.38. The molecule has 4 rings (SSSR count). The third-order valence-corrected chi connectivity index (χ3v) is 7.25. The topological polar surface area (TPSA) is 22.2 Å². The second-order valence-corrected chi connectivity index (χ2v) is 9.19. The van der Waals surface area contributed by atoms with Gasteiger partial charge in [-0.15, -0.1) is 0 Å². The first-order chi connectivity index (χ1) is 12.1. The molecule has 0 N–H and O–H groups in total. The molecule has 25 heavy (non-hydrogen) atoms. The number of ether oxygens (including phenoxy) is 1. The number of fused-ring (bicyclic) bond motifs is 1. The van der Waals surface area contributed by atoms with Gasteiger partial charge in [0.05, 0.1) is 19.3 Å². The van der Waals surface area contributed by atoms with Crippen molar-refractivity contribution in [3.8, 4) is 0 Å². The van der Waals surface area contributed by atoms with E-state index < -0.39 is 0 Å². The Balaban J connectivity index is 1.22. The molecule has 5 nitrogen and oxygen atoms in total. The lowest BCUT2D eigenvalue weighted by Crippen LogP contribution is -2.57. The normalized spacial score (nSPS) is 35.0. The summed E-state index contributed by atoms with van der Waals surface area (Å²) in [7, 11) is 0. The van der Waals surface area contributed by atoms with E-state index in [0.717, 1.165) is 31.2 Å². The Morgan fingerprint density at radius 2 is 1.48 bits per heavy atom. The van der Waals surface area contributed by atoms with Crippen molar-refractivity contribution in [2.45, 2.75) is 57.8 Å². The maximum atomic E-state index is 5.36. The van der Waals surface area contributed by atoms with Crippen LogP contribution in [-0.2, 0) is 4.74 Å². The van der Waals surface area contributed by atoms with E-state index in [4.69, 9.17) is 4.74 Å². The molecule has 0 aromatic heterocycles. The molecular formula is C20H38N4O. The van der Waals surface area contributed by atoms with Gasteiger partial charge in [0.25, 0.3) is 0 Å². The summed E-state index contributed by atoms with van der Waals surface area (Å²) in [6.45, 7) is 19.3. The fourth-order valence-electron chi connectivity index (χ4n) is 5.42. The average molecular weight is 351 g/mol. The molecule has 0 bridgehead atoms. The lowest BCUT2D eigenvalue weighted by Gasteiger charge is -2.44. The fraction of sp³-hybridized carbons (Fsp3) is 1.00. The molecule has 0 aromatic carbocycles. The van der Waals surface area contributed by atoms with Gasteiger partial charge in [-0.1, -0.05) is 0 Å². The molecule has 4 aliphatic heterocycles. The minimum absolute atomic E-state index is 0.706. The first kappa shape index (κ1) is 18.2. The van der Waals surface area contributed by atoms with Gasteiger partial charge in [-0.05, 0) is 39.5 Å². The highest BCUT2D eigenvalue weighted by Crippen LogP contribution is 2.31. The van der Waals surface area contributed by atoms with E-state index in [-0.39, 0.29) is 0 Å². The van der Waals surface area contributed by atoms with E-state index in [1.54, 1.807) is 0 Å². The molecule has 144 valence electrons. The molecule has 4 aliphatic rings. The molecule has 0 amide bonds. The smallest absolute Gasteiger partial charge is 0.0645 e. The summed E-state index contributed by atoms with van der Waals surface area (Å²) in [5.41, 5.74) is 0. The van der Waals surface area contributed by atoms with Crippen LogP contribution in [0.2, 0.25) is 0 Å². The molecule has 3 atom stereocenters. The summed E-state index contributed by atoms with van der Waals surface area (Å²) in [6.07, 6.45) is 2.81. The van der Waals surface area contributed by atoms with Gasteiger partial charge < -0.3 is 4.74 Å². The van der Waals surface area contributed by atoms with Gasteiger partial charge in [0.15, 0.2) is 0 Å². The highest BCUT2D eigenvalue weighted by molar-refractivity contribution is 4.93. The highest BCUT2D eigenvalue weighted by atomic mass is 16.5. The van der Waals surface area contributed by atoms with E-state index in [1.807, 2.05) is 0 Å². The zero-order valence-electron chi connectivity index (χ0n) is 16.6. The van der Waals surface area contributed by atoms with Crippen LogP contribution >= 0.6 is 0 Å². The zero-order chi connectivity index (χ0) is 17.4. The van der Waals surface area contributed by atoms with Crippen LogP contribution in [0.1, 0.15) is 33.6 Å². The molecule has 4 heterocycles. The van der Waals surface area contributed by atoms with Gasteiger partial charge >= 0.3 is 0 Å². The van der Waals surface area contributed by atoms with E-state index in [0.29, 0.717) is 12.1 Å². The average Bonchev–Trinajstić information content (AvgIpc) is 2.95. The van der Waals surface area contributed by atoms with Crippen molar-refractivity contribution in [3.05, 3.63) is 0 Å². The van der Waals surface area contributed by atoms with Crippen molar-refractivity contribution in [2.24, 2.45) is 5.92 Å². The Kier molecular flexibility index (Phi) is 5.68. The Bertz CT molecular complexity index is 433. The summed E-state index contributed by atoms with van der Waals surface area (Å²) < 4.78 is 5.36. The van der Waals surface area contributed by atoms with Crippen molar-refractivity contribution < 1.29 is 4.74 Å². The fourth-order valence-corrected chi connectivity index (χ4v) is 5.42. The van der Waals surface area contributed by atoms with E-state index in [2.05, 4.69) is 40.4 Å². The van der Waals surface area contributed by atoms with E-state index >= 15 is 0 Å².